The molecule has 31 heavy (non-hydrogen) atoms. The van der Waals surface area contributed by atoms with Crippen molar-refractivity contribution in [1.82, 2.24) is 9.55 Å². The van der Waals surface area contributed by atoms with Crippen molar-refractivity contribution in [3.63, 3.8) is 0 Å². The lowest BCUT2D eigenvalue weighted by Gasteiger charge is -2.24. The third kappa shape index (κ3) is 2.77. The number of carbonyl (C=O) groups excluding carboxylic acids is 2. The number of carbonyl (C=O) groups is 2. The highest BCUT2D eigenvalue weighted by atomic mass is 16.7. The summed E-state index contributed by atoms with van der Waals surface area (Å²) in [6.07, 6.45) is -1.75. The molecule has 0 bridgehead atoms. The highest BCUT2D eigenvalue weighted by Gasteiger charge is 2.38. The fourth-order valence-electron chi connectivity index (χ4n) is 4.34. The first-order chi connectivity index (χ1) is 14.9. The Morgan fingerprint density at radius 2 is 2.10 bits per heavy atom. The quantitative estimate of drug-likeness (QED) is 0.490. The van der Waals surface area contributed by atoms with Gasteiger partial charge in [-0.15, -0.1) is 0 Å². The highest BCUT2D eigenvalue weighted by Crippen LogP contribution is 2.39. The molecule has 1 N–H and O–H groups in total. The second-order valence-electron chi connectivity index (χ2n) is 7.39. The zero-order valence-corrected chi connectivity index (χ0v) is 16.8. The number of aromatic hydroxyl groups is 1. The zero-order valence-electron chi connectivity index (χ0n) is 16.8. The van der Waals surface area contributed by atoms with E-state index in [1.54, 1.807) is 28.8 Å². The van der Waals surface area contributed by atoms with Crippen LogP contribution in [0, 0.1) is 0 Å². The van der Waals surface area contributed by atoms with Crippen molar-refractivity contribution >= 4 is 23.0 Å². The smallest absolute Gasteiger partial charge is 0.508 e. The van der Waals surface area contributed by atoms with Gasteiger partial charge >= 0.3 is 12.1 Å². The molecule has 1 unspecified atom stereocenters. The van der Waals surface area contributed by atoms with Crippen molar-refractivity contribution in [3.05, 3.63) is 56.9 Å². The Kier molecular flexibility index (Phi) is 4.21. The molecule has 9 nitrogen and oxygen atoms in total. The molecule has 4 heterocycles. The summed E-state index contributed by atoms with van der Waals surface area (Å²) in [5.41, 5.74) is 3.94. The Bertz CT molecular complexity index is 1340. The lowest BCUT2D eigenvalue weighted by molar-refractivity contribution is -0.159. The molecule has 0 radical (unpaired) electrons. The van der Waals surface area contributed by atoms with Crippen LogP contribution in [0.5, 0.6) is 5.75 Å². The standard InChI is InChI=1S/C22H18N2O7/c1-3-11-12-6-10(25)4-5-16(12)23-18-14(11)8-24-17(18)7-13-15(20(24)26)9-30-21(27)19(13)31-22(28)29-2/h4-7,19,25H,3,8-9H2,1-2H3. The SMILES string of the molecule is CCc1c2c(nc3ccc(O)cc13)-c1cc3c(c(=O)n1C2)COC(=O)C3OC(=O)OC. The highest BCUT2D eigenvalue weighted by molar-refractivity contribution is 5.89. The molecule has 0 saturated carbocycles. The van der Waals surface area contributed by atoms with Crippen LogP contribution in [-0.2, 0) is 38.6 Å². The summed E-state index contributed by atoms with van der Waals surface area (Å²) in [6, 6.07) is 6.62. The van der Waals surface area contributed by atoms with Crippen molar-refractivity contribution in [2.75, 3.05) is 7.11 Å². The van der Waals surface area contributed by atoms with Crippen molar-refractivity contribution in [2.45, 2.75) is 32.6 Å². The van der Waals surface area contributed by atoms with Gasteiger partial charge in [-0.25, -0.2) is 14.6 Å². The minimum atomic E-state index is -1.39. The largest absolute Gasteiger partial charge is 0.509 e. The zero-order chi connectivity index (χ0) is 21.9. The van der Waals surface area contributed by atoms with Gasteiger partial charge < -0.3 is 23.9 Å². The summed E-state index contributed by atoms with van der Waals surface area (Å²) < 4.78 is 16.2. The number of phenolic OH excluding ortho intramolecular Hbond substituents is 1. The summed E-state index contributed by atoms with van der Waals surface area (Å²) in [6.45, 7) is 2.12. The molecule has 2 aliphatic heterocycles. The summed E-state index contributed by atoms with van der Waals surface area (Å²) in [4.78, 5) is 41.9. The molecule has 0 spiro atoms. The van der Waals surface area contributed by atoms with Crippen LogP contribution in [0.2, 0.25) is 0 Å². The number of benzene rings is 1. The number of phenols is 1. The third-order valence-electron chi connectivity index (χ3n) is 5.77. The Morgan fingerprint density at radius 3 is 2.84 bits per heavy atom. The molecule has 0 aliphatic carbocycles. The number of ether oxygens (including phenoxy) is 3. The number of rotatable bonds is 2. The lowest BCUT2D eigenvalue weighted by Crippen LogP contribution is -2.34. The van der Waals surface area contributed by atoms with E-state index in [9.17, 15) is 19.5 Å². The average Bonchev–Trinajstić information content (AvgIpc) is 3.12. The minimum Gasteiger partial charge on any atom is -0.508 e. The molecule has 158 valence electrons. The number of methoxy groups -OCH3 is 1. The van der Waals surface area contributed by atoms with E-state index in [0.29, 0.717) is 29.9 Å². The minimum absolute atomic E-state index is 0.144. The number of hydrogen-bond donors (Lipinski definition) is 1. The second-order valence-corrected chi connectivity index (χ2v) is 7.39. The predicted molar refractivity (Wildman–Crippen MR) is 108 cm³/mol. The maximum absolute atomic E-state index is 13.3. The van der Waals surface area contributed by atoms with Crippen LogP contribution in [0.25, 0.3) is 22.3 Å². The number of hydrogen-bond acceptors (Lipinski definition) is 8. The van der Waals surface area contributed by atoms with Crippen LogP contribution in [0.3, 0.4) is 0 Å². The fraction of sp³-hybridized carbons (Fsp3) is 0.273. The Hall–Kier alpha value is -3.88. The van der Waals surface area contributed by atoms with Crippen molar-refractivity contribution in [1.29, 1.82) is 0 Å². The molecule has 0 saturated heterocycles. The topological polar surface area (TPSA) is 117 Å². The van der Waals surface area contributed by atoms with Crippen LogP contribution >= 0.6 is 0 Å². The second kappa shape index (κ2) is 6.83. The van der Waals surface area contributed by atoms with Gasteiger partial charge in [0, 0.05) is 16.5 Å². The molecule has 5 rings (SSSR count). The van der Waals surface area contributed by atoms with Gasteiger partial charge in [-0.2, -0.15) is 0 Å². The first-order valence-corrected chi connectivity index (χ1v) is 9.75. The molecule has 2 aromatic heterocycles. The molecule has 0 amide bonds. The van der Waals surface area contributed by atoms with Crippen LogP contribution < -0.4 is 5.56 Å². The molecule has 2 aliphatic rings. The van der Waals surface area contributed by atoms with Gasteiger partial charge in [-0.05, 0) is 36.2 Å². The van der Waals surface area contributed by atoms with E-state index < -0.39 is 18.2 Å². The van der Waals surface area contributed by atoms with E-state index >= 15 is 0 Å². The fourth-order valence-corrected chi connectivity index (χ4v) is 4.34. The molecular weight excluding hydrogens is 404 g/mol. The lowest BCUT2D eigenvalue weighted by atomic mass is 9.97. The number of nitrogens with zero attached hydrogens (tertiary/aromatic N) is 2. The summed E-state index contributed by atoms with van der Waals surface area (Å²) in [7, 11) is 1.13. The van der Waals surface area contributed by atoms with Gasteiger partial charge in [0.1, 0.15) is 12.4 Å². The van der Waals surface area contributed by atoms with Gasteiger partial charge in [-0.3, -0.25) is 4.79 Å². The Balaban J connectivity index is 1.75. The van der Waals surface area contributed by atoms with Crippen molar-refractivity contribution < 1.29 is 28.9 Å². The number of aromatic nitrogens is 2. The third-order valence-corrected chi connectivity index (χ3v) is 5.77. The van der Waals surface area contributed by atoms with Gasteiger partial charge in [-0.1, -0.05) is 6.92 Å². The van der Waals surface area contributed by atoms with Crippen molar-refractivity contribution in [3.8, 4) is 17.1 Å². The molecule has 0 fully saturated rings. The van der Waals surface area contributed by atoms with E-state index in [1.807, 2.05) is 6.92 Å². The molecule has 1 aromatic carbocycles. The maximum Gasteiger partial charge on any atom is 0.509 e. The summed E-state index contributed by atoms with van der Waals surface area (Å²) >= 11 is 0. The Morgan fingerprint density at radius 1 is 1.29 bits per heavy atom. The van der Waals surface area contributed by atoms with Crippen molar-refractivity contribution in [2.24, 2.45) is 0 Å². The first-order valence-electron chi connectivity index (χ1n) is 9.75. The Labute approximate surface area is 175 Å². The van der Waals surface area contributed by atoms with E-state index in [-0.39, 0.29) is 29.0 Å². The first kappa shape index (κ1) is 19.1. The average molecular weight is 422 g/mol. The van der Waals surface area contributed by atoms with Crippen LogP contribution in [0.15, 0.2) is 29.1 Å². The summed E-state index contributed by atoms with van der Waals surface area (Å²) in [5.74, 6) is -0.623. The van der Waals surface area contributed by atoms with E-state index in [4.69, 9.17) is 14.5 Å². The predicted octanol–water partition coefficient (Wildman–Crippen LogP) is 2.57. The van der Waals surface area contributed by atoms with Crippen LogP contribution in [-0.4, -0.2) is 33.9 Å². The molecule has 3 aromatic rings. The van der Waals surface area contributed by atoms with Crippen LogP contribution in [0.1, 0.15) is 35.3 Å². The molecule has 1 atom stereocenters. The normalized spacial score (nSPS) is 16.3. The van der Waals surface area contributed by atoms with Gasteiger partial charge in [0.15, 0.2) is 0 Å². The number of esters is 1. The van der Waals surface area contributed by atoms with Gasteiger partial charge in [0.05, 0.1) is 36.1 Å². The number of cyclic esters (lactones) is 1. The number of aryl methyl sites for hydroxylation is 1. The van der Waals surface area contributed by atoms with Crippen LogP contribution in [0.4, 0.5) is 4.79 Å². The van der Waals surface area contributed by atoms with Gasteiger partial charge in [0.2, 0.25) is 6.10 Å². The molecule has 9 heteroatoms. The summed E-state index contributed by atoms with van der Waals surface area (Å²) in [5, 5.41) is 10.8. The van der Waals surface area contributed by atoms with E-state index in [1.165, 1.54) is 0 Å². The van der Waals surface area contributed by atoms with E-state index in [0.717, 1.165) is 23.6 Å². The molecular formula is C22H18N2O7. The monoisotopic (exact) mass is 422 g/mol. The van der Waals surface area contributed by atoms with Gasteiger partial charge in [0.25, 0.3) is 5.56 Å². The number of fused-ring (bicyclic) bond motifs is 5. The maximum atomic E-state index is 13.3. The number of pyridine rings is 2. The van der Waals surface area contributed by atoms with E-state index in [2.05, 4.69) is 4.74 Å².